The summed E-state index contributed by atoms with van der Waals surface area (Å²) in [5.41, 5.74) is 1.58. The van der Waals surface area contributed by atoms with E-state index < -0.39 is 47.5 Å². The molecule has 1 aliphatic carbocycles. The molecule has 15 heteroatoms. The number of likely N-dealkylation sites (tertiary alicyclic amines) is 1. The summed E-state index contributed by atoms with van der Waals surface area (Å²) in [6, 6.07) is 24.0. The predicted molar refractivity (Wildman–Crippen MR) is 220 cm³/mol. The molecule has 0 radical (unpaired) electrons. The van der Waals surface area contributed by atoms with Gasteiger partial charge in [-0.3, -0.25) is 9.59 Å². The number of alkyl halides is 1. The molecular weight excluding hydrogens is 843 g/mol. The van der Waals surface area contributed by atoms with E-state index in [0.717, 1.165) is 5.56 Å². The van der Waals surface area contributed by atoms with Gasteiger partial charge in [0.05, 0.1) is 24.9 Å². The van der Waals surface area contributed by atoms with Crippen molar-refractivity contribution < 1.29 is 38.2 Å². The van der Waals surface area contributed by atoms with Gasteiger partial charge in [0.25, 0.3) is 5.91 Å². The van der Waals surface area contributed by atoms with E-state index in [2.05, 4.69) is 20.9 Å². The highest BCUT2D eigenvalue weighted by atomic mass is 127. The van der Waals surface area contributed by atoms with Crippen LogP contribution in [-0.4, -0.2) is 91.6 Å². The Bertz CT molecular complexity index is 2270. The number of carbonyl (C=O) groups is 4. The van der Waals surface area contributed by atoms with Crippen LogP contribution in [0.4, 0.5) is 4.79 Å². The first-order chi connectivity index (χ1) is 27.4. The number of pyridine rings is 1. The van der Waals surface area contributed by atoms with Gasteiger partial charge in [0.15, 0.2) is 23.4 Å². The number of methoxy groups -OCH3 is 1. The first kappa shape index (κ1) is 39.5. The fourth-order valence-electron chi connectivity index (χ4n) is 7.15. The van der Waals surface area contributed by atoms with Crippen LogP contribution in [0.1, 0.15) is 43.6 Å². The summed E-state index contributed by atoms with van der Waals surface area (Å²) in [6.07, 6.45) is 1.45. The summed E-state index contributed by atoms with van der Waals surface area (Å²) >= 11 is 2.02. The van der Waals surface area contributed by atoms with E-state index in [0.29, 0.717) is 45.8 Å². The fourth-order valence-corrected chi connectivity index (χ4v) is 8.26. The van der Waals surface area contributed by atoms with Crippen molar-refractivity contribution in [3.05, 3.63) is 97.0 Å². The Balaban J connectivity index is 1.13. The largest absolute Gasteiger partial charge is 0.497 e. The van der Waals surface area contributed by atoms with E-state index in [1.807, 2.05) is 121 Å². The lowest BCUT2D eigenvalue weighted by Gasteiger charge is -2.28. The number of aliphatic carboxylic acids is 1. The van der Waals surface area contributed by atoms with E-state index in [4.69, 9.17) is 18.9 Å². The molecular formula is C42H43IN6O8. The van der Waals surface area contributed by atoms with Crippen LogP contribution < -0.4 is 25.4 Å². The number of amides is 4. The van der Waals surface area contributed by atoms with Crippen LogP contribution in [0.5, 0.6) is 11.5 Å². The minimum Gasteiger partial charge on any atom is -0.497 e. The standard InChI is InChI=1S/C42H43IN6O8/c1-24(2)16-27(21-44-39(51)36-37(56-23-45-36)26-12-8-5-9-13-26)46-41(54)49-22-29(18-33(49)38(50)48-42(40(52)53)20-35(42)43)57-34-19-31(25-10-6-4-7-11-25)47-32-17-28(55-3)14-15-30(32)34/h4-15,17,19,23-24,27,29,33,35H,16,18,20-22H2,1-3H3,(H,44,51)(H,46,54)(H,48,50)(H,52,53)/t27-,29+,33-,35+,42+/m0/s1. The molecule has 2 aliphatic rings. The second-order valence-electron chi connectivity index (χ2n) is 14.7. The SMILES string of the molecule is COc1ccc2c(O[C@@H]3C[C@@H](C(=O)N[C@]4(C(=O)O)C[C@H]4I)N(C(=O)N[C@H](CNC(=O)c4ncoc4-c4ccccc4)CC(C)C)C3)cc(-c3ccccc3)nc2c1. The van der Waals surface area contributed by atoms with Crippen LogP contribution in [0.3, 0.4) is 0 Å². The predicted octanol–water partition coefficient (Wildman–Crippen LogP) is 6.09. The maximum Gasteiger partial charge on any atom is 0.330 e. The average Bonchev–Trinajstić information content (AvgIpc) is 3.52. The number of hydrogen-bond acceptors (Lipinski definition) is 9. The van der Waals surface area contributed by atoms with E-state index in [1.54, 1.807) is 7.11 Å². The third-order valence-corrected chi connectivity index (χ3v) is 11.7. The lowest BCUT2D eigenvalue weighted by molar-refractivity contribution is -0.143. The van der Waals surface area contributed by atoms with Gasteiger partial charge in [-0.05, 0) is 30.9 Å². The van der Waals surface area contributed by atoms with E-state index in [9.17, 15) is 24.3 Å². The number of oxazole rings is 1. The Morgan fingerprint density at radius 2 is 1.72 bits per heavy atom. The molecule has 2 fully saturated rings. The molecule has 0 bridgehead atoms. The van der Waals surface area contributed by atoms with Gasteiger partial charge in [0, 0.05) is 51.6 Å². The Morgan fingerprint density at radius 1 is 1.02 bits per heavy atom. The molecule has 1 saturated carbocycles. The lowest BCUT2D eigenvalue weighted by Crippen LogP contribution is -2.56. The zero-order chi connectivity index (χ0) is 40.3. The molecule has 1 aliphatic heterocycles. The molecule has 0 unspecified atom stereocenters. The number of ether oxygens (including phenoxy) is 2. The molecule has 5 atom stereocenters. The molecule has 3 heterocycles. The number of nitrogens with zero attached hydrogens (tertiary/aromatic N) is 3. The van der Waals surface area contributed by atoms with Crippen molar-refractivity contribution in [1.82, 2.24) is 30.8 Å². The van der Waals surface area contributed by atoms with Crippen molar-refractivity contribution >= 4 is 57.3 Å². The molecule has 4 amide bonds. The molecule has 3 aromatic carbocycles. The zero-order valence-corrected chi connectivity index (χ0v) is 33.8. The number of carbonyl (C=O) groups excluding carboxylic acids is 3. The van der Waals surface area contributed by atoms with Crippen molar-refractivity contribution in [2.45, 2.75) is 60.8 Å². The summed E-state index contributed by atoms with van der Waals surface area (Å²) in [5.74, 6) is -0.581. The third-order valence-electron chi connectivity index (χ3n) is 10.2. The van der Waals surface area contributed by atoms with Gasteiger partial charge in [0.1, 0.15) is 23.6 Å². The molecule has 7 rings (SSSR count). The molecule has 4 N–H and O–H groups in total. The number of hydrogen-bond donors (Lipinski definition) is 4. The van der Waals surface area contributed by atoms with Crippen LogP contribution in [-0.2, 0) is 9.59 Å². The lowest BCUT2D eigenvalue weighted by atomic mass is 10.0. The van der Waals surface area contributed by atoms with Gasteiger partial charge >= 0.3 is 12.0 Å². The monoisotopic (exact) mass is 886 g/mol. The highest BCUT2D eigenvalue weighted by Gasteiger charge is 2.61. The normalized spacial score (nSPS) is 20.5. The Kier molecular flexibility index (Phi) is 11.6. The molecule has 1 saturated heterocycles. The van der Waals surface area contributed by atoms with Gasteiger partial charge in [-0.2, -0.15) is 0 Å². The summed E-state index contributed by atoms with van der Waals surface area (Å²) in [7, 11) is 1.58. The van der Waals surface area contributed by atoms with Crippen LogP contribution in [0.15, 0.2) is 95.7 Å². The fraction of sp³-hybridized carbons (Fsp3) is 0.333. The summed E-state index contributed by atoms with van der Waals surface area (Å²) in [5, 5.41) is 19.4. The van der Waals surface area contributed by atoms with Crippen molar-refractivity contribution in [3.8, 4) is 34.1 Å². The van der Waals surface area contributed by atoms with Gasteiger partial charge < -0.3 is 39.8 Å². The molecule has 5 aromatic rings. The minimum absolute atomic E-state index is 0.0262. The second-order valence-corrected chi connectivity index (χ2v) is 16.2. The molecule has 57 heavy (non-hydrogen) atoms. The number of carboxylic acids is 1. The summed E-state index contributed by atoms with van der Waals surface area (Å²) in [6.45, 7) is 4.10. The first-order valence-electron chi connectivity index (χ1n) is 18.7. The third kappa shape index (κ3) is 8.67. The smallest absolute Gasteiger partial charge is 0.330 e. The minimum atomic E-state index is -1.41. The first-order valence-corrected chi connectivity index (χ1v) is 19.9. The van der Waals surface area contributed by atoms with Gasteiger partial charge in [-0.15, -0.1) is 0 Å². The average molecular weight is 887 g/mol. The molecule has 296 valence electrons. The number of aromatic nitrogens is 2. The van der Waals surface area contributed by atoms with Crippen molar-refractivity contribution in [2.24, 2.45) is 5.92 Å². The van der Waals surface area contributed by atoms with Crippen molar-refractivity contribution in [3.63, 3.8) is 0 Å². The highest BCUT2D eigenvalue weighted by Crippen LogP contribution is 2.44. The molecule has 2 aromatic heterocycles. The summed E-state index contributed by atoms with van der Waals surface area (Å²) < 4.78 is 17.4. The number of fused-ring (bicyclic) bond motifs is 1. The van der Waals surface area contributed by atoms with E-state index in [1.165, 1.54) is 11.3 Å². The Labute approximate surface area is 342 Å². The van der Waals surface area contributed by atoms with Gasteiger partial charge in [0.2, 0.25) is 5.91 Å². The van der Waals surface area contributed by atoms with Crippen LogP contribution in [0, 0.1) is 5.92 Å². The Hall–Kier alpha value is -5.71. The van der Waals surface area contributed by atoms with E-state index in [-0.39, 0.29) is 41.5 Å². The second kappa shape index (κ2) is 16.8. The van der Waals surface area contributed by atoms with E-state index >= 15 is 0 Å². The van der Waals surface area contributed by atoms with Gasteiger partial charge in [-0.1, -0.05) is 97.1 Å². The highest BCUT2D eigenvalue weighted by molar-refractivity contribution is 14.1. The number of carboxylic acid groups (broad SMARTS) is 1. The van der Waals surface area contributed by atoms with Crippen molar-refractivity contribution in [2.75, 3.05) is 20.2 Å². The maximum absolute atomic E-state index is 14.3. The topological polar surface area (TPSA) is 185 Å². The summed E-state index contributed by atoms with van der Waals surface area (Å²) in [4.78, 5) is 64.3. The number of nitrogens with one attached hydrogen (secondary N) is 3. The zero-order valence-electron chi connectivity index (χ0n) is 31.6. The molecule has 0 spiro atoms. The number of benzene rings is 3. The maximum atomic E-state index is 14.3. The number of rotatable bonds is 14. The Morgan fingerprint density at radius 3 is 2.37 bits per heavy atom. The van der Waals surface area contributed by atoms with Gasteiger partial charge in [-0.25, -0.2) is 19.6 Å². The number of urea groups is 1. The number of halogens is 1. The van der Waals surface area contributed by atoms with Crippen LogP contribution >= 0.6 is 22.6 Å². The van der Waals surface area contributed by atoms with Crippen molar-refractivity contribution in [1.29, 1.82) is 0 Å². The quantitative estimate of drug-likeness (QED) is 0.0752. The molecule has 14 nitrogen and oxygen atoms in total. The van der Waals surface area contributed by atoms with Crippen LogP contribution in [0.2, 0.25) is 0 Å². The van der Waals surface area contributed by atoms with Crippen LogP contribution in [0.25, 0.3) is 33.5 Å².